The minimum atomic E-state index is -0.689. The summed E-state index contributed by atoms with van der Waals surface area (Å²) in [6.45, 7) is 1.50. The number of hydrogen-bond acceptors (Lipinski definition) is 5. The van der Waals surface area contributed by atoms with Crippen LogP contribution in [-0.2, 0) is 4.79 Å². The van der Waals surface area contributed by atoms with E-state index in [4.69, 9.17) is 9.47 Å². The molecule has 0 saturated carbocycles. The van der Waals surface area contributed by atoms with E-state index < -0.39 is 5.97 Å². The summed E-state index contributed by atoms with van der Waals surface area (Å²) in [6.07, 6.45) is 1.34. The monoisotopic (exact) mass is 361 g/mol. The summed E-state index contributed by atoms with van der Waals surface area (Å²) in [5, 5.41) is 13.5. The van der Waals surface area contributed by atoms with Crippen LogP contribution in [0.3, 0.4) is 0 Å². The molecule has 0 radical (unpaired) electrons. The SMILES string of the molecule is COc1cccc(C(c2ccsc2)N2CCC(C(=O)O)CC2)c1OC. The fraction of sp³-hybridized carbons (Fsp3) is 0.421. The van der Waals surface area contributed by atoms with Crippen LogP contribution in [0.15, 0.2) is 35.0 Å². The molecule has 1 saturated heterocycles. The molecule has 0 amide bonds. The molecule has 3 rings (SSSR count). The number of piperidine rings is 1. The Bertz CT molecular complexity index is 708. The summed E-state index contributed by atoms with van der Waals surface area (Å²) in [7, 11) is 3.29. The second-order valence-electron chi connectivity index (χ2n) is 6.19. The predicted octanol–water partition coefficient (Wildman–Crippen LogP) is 3.65. The van der Waals surface area contributed by atoms with E-state index in [0.717, 1.165) is 24.4 Å². The molecule has 1 aliphatic rings. The molecule has 2 aromatic rings. The molecule has 0 spiro atoms. The molecule has 1 aromatic heterocycles. The fourth-order valence-electron chi connectivity index (χ4n) is 3.55. The van der Waals surface area contributed by atoms with Gasteiger partial charge in [0.05, 0.1) is 26.2 Å². The molecule has 1 aliphatic heterocycles. The average molecular weight is 361 g/mol. The third-order valence-corrected chi connectivity index (χ3v) is 5.53. The molecule has 1 fully saturated rings. The van der Waals surface area contributed by atoms with Gasteiger partial charge in [-0.15, -0.1) is 0 Å². The first-order chi connectivity index (χ1) is 12.2. The number of nitrogens with zero attached hydrogens (tertiary/aromatic N) is 1. The molecule has 0 aliphatic carbocycles. The van der Waals surface area contributed by atoms with Crippen molar-refractivity contribution >= 4 is 17.3 Å². The van der Waals surface area contributed by atoms with E-state index in [1.807, 2.05) is 12.1 Å². The molecular weight excluding hydrogens is 338 g/mol. The molecule has 1 atom stereocenters. The maximum absolute atomic E-state index is 11.3. The van der Waals surface area contributed by atoms with Crippen LogP contribution in [0, 0.1) is 5.92 Å². The van der Waals surface area contributed by atoms with Crippen LogP contribution in [-0.4, -0.2) is 43.3 Å². The minimum absolute atomic E-state index is 0.0334. The maximum Gasteiger partial charge on any atom is 0.306 e. The predicted molar refractivity (Wildman–Crippen MR) is 97.6 cm³/mol. The highest BCUT2D eigenvalue weighted by molar-refractivity contribution is 7.08. The Morgan fingerprint density at radius 1 is 1.24 bits per heavy atom. The van der Waals surface area contributed by atoms with Crippen LogP contribution in [0.4, 0.5) is 0 Å². The van der Waals surface area contributed by atoms with Crippen LogP contribution in [0.1, 0.15) is 30.0 Å². The molecule has 2 heterocycles. The van der Waals surface area contributed by atoms with Gasteiger partial charge in [-0.25, -0.2) is 0 Å². The molecule has 1 N–H and O–H groups in total. The van der Waals surface area contributed by atoms with Gasteiger partial charge in [-0.2, -0.15) is 11.3 Å². The Kier molecular flexibility index (Phi) is 5.60. The summed E-state index contributed by atoms with van der Waals surface area (Å²) in [5.41, 5.74) is 2.25. The van der Waals surface area contributed by atoms with Gasteiger partial charge in [0.1, 0.15) is 0 Å². The van der Waals surface area contributed by atoms with Crippen molar-refractivity contribution in [3.63, 3.8) is 0 Å². The quantitative estimate of drug-likeness (QED) is 0.851. The summed E-state index contributed by atoms with van der Waals surface area (Å²) in [6, 6.07) is 8.08. The van der Waals surface area contributed by atoms with Gasteiger partial charge < -0.3 is 14.6 Å². The first kappa shape index (κ1) is 17.8. The van der Waals surface area contributed by atoms with Crippen LogP contribution < -0.4 is 9.47 Å². The van der Waals surface area contributed by atoms with Gasteiger partial charge >= 0.3 is 5.97 Å². The second kappa shape index (κ2) is 7.89. The van der Waals surface area contributed by atoms with Crippen LogP contribution >= 0.6 is 11.3 Å². The summed E-state index contributed by atoms with van der Waals surface area (Å²) in [5.74, 6) is 0.513. The average Bonchev–Trinajstić information content (AvgIpc) is 3.16. The highest BCUT2D eigenvalue weighted by Gasteiger charge is 2.32. The largest absolute Gasteiger partial charge is 0.493 e. The lowest BCUT2D eigenvalue weighted by molar-refractivity contribution is -0.143. The van der Waals surface area contributed by atoms with Gasteiger partial charge in [0.25, 0.3) is 0 Å². The number of aliphatic carboxylic acids is 1. The zero-order chi connectivity index (χ0) is 17.8. The zero-order valence-corrected chi connectivity index (χ0v) is 15.3. The topological polar surface area (TPSA) is 59.0 Å². The minimum Gasteiger partial charge on any atom is -0.493 e. The van der Waals surface area contributed by atoms with Crippen molar-refractivity contribution in [3.05, 3.63) is 46.2 Å². The van der Waals surface area contributed by atoms with Crippen molar-refractivity contribution < 1.29 is 19.4 Å². The van der Waals surface area contributed by atoms with Crippen molar-refractivity contribution in [2.75, 3.05) is 27.3 Å². The molecule has 6 heteroatoms. The number of carbonyl (C=O) groups is 1. The van der Waals surface area contributed by atoms with E-state index in [1.165, 1.54) is 5.56 Å². The Balaban J connectivity index is 1.96. The van der Waals surface area contributed by atoms with E-state index in [9.17, 15) is 9.90 Å². The summed E-state index contributed by atoms with van der Waals surface area (Å²) >= 11 is 1.66. The van der Waals surface area contributed by atoms with Gasteiger partial charge in [-0.3, -0.25) is 9.69 Å². The van der Waals surface area contributed by atoms with Gasteiger partial charge in [-0.05, 0) is 54.4 Å². The van der Waals surface area contributed by atoms with Crippen molar-refractivity contribution in [2.45, 2.75) is 18.9 Å². The van der Waals surface area contributed by atoms with Gasteiger partial charge in [0.15, 0.2) is 11.5 Å². The Hall–Kier alpha value is -2.05. The van der Waals surface area contributed by atoms with E-state index in [0.29, 0.717) is 18.6 Å². The van der Waals surface area contributed by atoms with E-state index in [2.05, 4.69) is 27.8 Å². The number of methoxy groups -OCH3 is 2. The van der Waals surface area contributed by atoms with Crippen molar-refractivity contribution in [1.82, 2.24) is 4.90 Å². The fourth-order valence-corrected chi connectivity index (χ4v) is 4.23. The number of para-hydroxylation sites is 1. The molecule has 1 unspecified atom stereocenters. The number of hydrogen-bond donors (Lipinski definition) is 1. The Morgan fingerprint density at radius 3 is 2.56 bits per heavy atom. The summed E-state index contributed by atoms with van der Waals surface area (Å²) < 4.78 is 11.1. The number of thiophene rings is 1. The number of carboxylic acid groups (broad SMARTS) is 1. The molecule has 134 valence electrons. The summed E-state index contributed by atoms with van der Waals surface area (Å²) in [4.78, 5) is 13.6. The van der Waals surface area contributed by atoms with E-state index in [1.54, 1.807) is 25.6 Å². The van der Waals surface area contributed by atoms with Gasteiger partial charge in [0.2, 0.25) is 0 Å². The number of likely N-dealkylation sites (tertiary alicyclic amines) is 1. The van der Waals surface area contributed by atoms with E-state index >= 15 is 0 Å². The number of rotatable bonds is 6. The molecule has 5 nitrogen and oxygen atoms in total. The van der Waals surface area contributed by atoms with Gasteiger partial charge in [0, 0.05) is 5.56 Å². The lowest BCUT2D eigenvalue weighted by Gasteiger charge is -2.37. The van der Waals surface area contributed by atoms with Crippen LogP contribution in [0.2, 0.25) is 0 Å². The van der Waals surface area contributed by atoms with Crippen LogP contribution in [0.5, 0.6) is 11.5 Å². The lowest BCUT2D eigenvalue weighted by atomic mass is 9.92. The smallest absolute Gasteiger partial charge is 0.306 e. The molecule has 0 bridgehead atoms. The standard InChI is InChI=1S/C19H23NO4S/c1-23-16-5-3-4-15(18(16)24-2)17(14-8-11-25-12-14)20-9-6-13(7-10-20)19(21)22/h3-5,8,11-13,17H,6-7,9-10H2,1-2H3,(H,21,22). The Labute approximate surface area is 151 Å². The number of carboxylic acids is 1. The lowest BCUT2D eigenvalue weighted by Crippen LogP contribution is -2.39. The van der Waals surface area contributed by atoms with Crippen LogP contribution in [0.25, 0.3) is 0 Å². The third kappa shape index (κ3) is 3.65. The second-order valence-corrected chi connectivity index (χ2v) is 6.97. The third-order valence-electron chi connectivity index (χ3n) is 4.83. The highest BCUT2D eigenvalue weighted by Crippen LogP contribution is 2.41. The van der Waals surface area contributed by atoms with Crippen molar-refractivity contribution in [2.24, 2.45) is 5.92 Å². The molecule has 25 heavy (non-hydrogen) atoms. The number of benzene rings is 1. The highest BCUT2D eigenvalue weighted by atomic mass is 32.1. The normalized spacial score (nSPS) is 17.2. The Morgan fingerprint density at radius 2 is 2.00 bits per heavy atom. The van der Waals surface area contributed by atoms with Gasteiger partial charge in [-0.1, -0.05) is 12.1 Å². The first-order valence-electron chi connectivity index (χ1n) is 8.35. The van der Waals surface area contributed by atoms with Crippen molar-refractivity contribution in [1.29, 1.82) is 0 Å². The molecule has 1 aromatic carbocycles. The van der Waals surface area contributed by atoms with E-state index in [-0.39, 0.29) is 12.0 Å². The maximum atomic E-state index is 11.3. The number of ether oxygens (including phenoxy) is 2. The first-order valence-corrected chi connectivity index (χ1v) is 9.29. The zero-order valence-electron chi connectivity index (χ0n) is 14.5. The van der Waals surface area contributed by atoms with Crippen molar-refractivity contribution in [3.8, 4) is 11.5 Å². The molecular formula is C19H23NO4S.